The van der Waals surface area contributed by atoms with Crippen LogP contribution in [0.5, 0.6) is 5.75 Å². The fraction of sp³-hybridized carbons (Fsp3) is 0.391. The fourth-order valence-electron chi connectivity index (χ4n) is 4.63. The Kier molecular flexibility index (Phi) is 4.96. The SMILES string of the molecule is COc1cccc2c1nc(N)n1nc(CCN3Cc4ccc(N5CCOCC5)nc4C3)nc21. The Hall–Kier alpha value is -3.50. The van der Waals surface area contributed by atoms with Crippen molar-refractivity contribution in [2.75, 3.05) is 50.6 Å². The van der Waals surface area contributed by atoms with Crippen LogP contribution in [0.2, 0.25) is 0 Å². The molecule has 5 heterocycles. The number of hydrogen-bond donors (Lipinski definition) is 1. The second kappa shape index (κ2) is 8.13. The van der Waals surface area contributed by atoms with Gasteiger partial charge in [0.1, 0.15) is 17.1 Å². The zero-order chi connectivity index (χ0) is 22.4. The van der Waals surface area contributed by atoms with Gasteiger partial charge in [-0.05, 0) is 23.8 Å². The second-order valence-electron chi connectivity index (χ2n) is 8.43. The van der Waals surface area contributed by atoms with Crippen LogP contribution in [0.15, 0.2) is 30.3 Å². The molecule has 33 heavy (non-hydrogen) atoms. The molecule has 0 saturated carbocycles. The average molecular weight is 447 g/mol. The van der Waals surface area contributed by atoms with Gasteiger partial charge in [0.05, 0.1) is 26.0 Å². The first-order valence-corrected chi connectivity index (χ1v) is 11.2. The van der Waals surface area contributed by atoms with Crippen molar-refractivity contribution in [3.8, 4) is 5.75 Å². The Bertz CT molecular complexity index is 1330. The van der Waals surface area contributed by atoms with E-state index in [0.29, 0.717) is 22.9 Å². The molecule has 3 aromatic heterocycles. The molecule has 0 aliphatic carbocycles. The van der Waals surface area contributed by atoms with Crippen molar-refractivity contribution in [1.29, 1.82) is 0 Å². The number of anilines is 2. The molecule has 0 amide bonds. The smallest absolute Gasteiger partial charge is 0.223 e. The number of hydrogen-bond acceptors (Lipinski definition) is 9. The number of nitrogens with two attached hydrogens (primary N) is 1. The minimum atomic E-state index is 0.300. The molecule has 1 saturated heterocycles. The van der Waals surface area contributed by atoms with Crippen molar-refractivity contribution < 1.29 is 9.47 Å². The van der Waals surface area contributed by atoms with Crippen LogP contribution in [0.4, 0.5) is 11.8 Å². The molecule has 0 atom stereocenters. The Morgan fingerprint density at radius 3 is 2.79 bits per heavy atom. The lowest BCUT2D eigenvalue weighted by molar-refractivity contribution is 0.122. The molecule has 0 radical (unpaired) electrons. The van der Waals surface area contributed by atoms with E-state index in [1.807, 2.05) is 18.2 Å². The summed E-state index contributed by atoms with van der Waals surface area (Å²) >= 11 is 0. The van der Waals surface area contributed by atoms with Gasteiger partial charge in [-0.2, -0.15) is 4.52 Å². The summed E-state index contributed by atoms with van der Waals surface area (Å²) < 4.78 is 12.5. The van der Waals surface area contributed by atoms with Gasteiger partial charge in [0.15, 0.2) is 11.5 Å². The van der Waals surface area contributed by atoms with Crippen molar-refractivity contribution in [2.24, 2.45) is 0 Å². The summed E-state index contributed by atoms with van der Waals surface area (Å²) in [5, 5.41) is 5.49. The Morgan fingerprint density at radius 1 is 1.06 bits per heavy atom. The molecule has 1 aromatic carbocycles. The molecular formula is C23H26N8O2. The first-order chi connectivity index (χ1) is 16.2. The maximum absolute atomic E-state index is 6.17. The summed E-state index contributed by atoms with van der Waals surface area (Å²) in [5.41, 5.74) is 10.0. The summed E-state index contributed by atoms with van der Waals surface area (Å²) in [7, 11) is 1.62. The van der Waals surface area contributed by atoms with Gasteiger partial charge in [-0.25, -0.2) is 15.0 Å². The van der Waals surface area contributed by atoms with E-state index in [4.69, 9.17) is 25.2 Å². The normalized spacial score (nSPS) is 16.6. The van der Waals surface area contributed by atoms with Gasteiger partial charge >= 0.3 is 0 Å². The van der Waals surface area contributed by atoms with Crippen LogP contribution in [0.25, 0.3) is 16.6 Å². The number of morpholine rings is 1. The first-order valence-electron chi connectivity index (χ1n) is 11.2. The highest BCUT2D eigenvalue weighted by Crippen LogP contribution is 2.28. The monoisotopic (exact) mass is 446 g/mol. The minimum Gasteiger partial charge on any atom is -0.494 e. The molecule has 2 aliphatic heterocycles. The Morgan fingerprint density at radius 2 is 1.94 bits per heavy atom. The van der Waals surface area contributed by atoms with Gasteiger partial charge in [0, 0.05) is 44.5 Å². The number of nitrogen functional groups attached to an aromatic ring is 1. The van der Waals surface area contributed by atoms with Crippen molar-refractivity contribution in [1.82, 2.24) is 29.5 Å². The predicted molar refractivity (Wildman–Crippen MR) is 124 cm³/mol. The van der Waals surface area contributed by atoms with E-state index in [0.717, 1.165) is 75.1 Å². The molecule has 4 aromatic rings. The zero-order valence-corrected chi connectivity index (χ0v) is 18.6. The molecule has 0 spiro atoms. The number of pyridine rings is 1. The predicted octanol–water partition coefficient (Wildman–Crippen LogP) is 1.66. The maximum atomic E-state index is 6.17. The molecule has 10 heteroatoms. The Balaban J connectivity index is 1.19. The van der Waals surface area contributed by atoms with Crippen LogP contribution in [-0.4, -0.2) is 69.4 Å². The lowest BCUT2D eigenvalue weighted by Gasteiger charge is -2.28. The van der Waals surface area contributed by atoms with E-state index in [-0.39, 0.29) is 0 Å². The third-order valence-electron chi connectivity index (χ3n) is 6.36. The summed E-state index contributed by atoms with van der Waals surface area (Å²) in [6, 6.07) is 10.1. The zero-order valence-electron chi connectivity index (χ0n) is 18.6. The van der Waals surface area contributed by atoms with E-state index >= 15 is 0 Å². The van der Waals surface area contributed by atoms with Gasteiger partial charge in [-0.3, -0.25) is 4.90 Å². The van der Waals surface area contributed by atoms with Crippen LogP contribution in [0.1, 0.15) is 17.1 Å². The first kappa shape index (κ1) is 20.1. The summed E-state index contributed by atoms with van der Waals surface area (Å²) in [4.78, 5) is 18.9. The van der Waals surface area contributed by atoms with E-state index in [9.17, 15) is 0 Å². The molecule has 6 rings (SSSR count). The van der Waals surface area contributed by atoms with E-state index in [1.54, 1.807) is 11.6 Å². The fourth-order valence-corrected chi connectivity index (χ4v) is 4.63. The molecule has 1 fully saturated rings. The van der Waals surface area contributed by atoms with Crippen molar-refractivity contribution >= 4 is 28.3 Å². The molecule has 2 aliphatic rings. The van der Waals surface area contributed by atoms with Crippen LogP contribution < -0.4 is 15.4 Å². The van der Waals surface area contributed by atoms with Crippen LogP contribution in [-0.2, 0) is 24.2 Å². The topological polar surface area (TPSA) is 107 Å². The van der Waals surface area contributed by atoms with Crippen LogP contribution in [0.3, 0.4) is 0 Å². The quantitative estimate of drug-likeness (QED) is 0.490. The summed E-state index contributed by atoms with van der Waals surface area (Å²) in [6.45, 7) is 5.89. The number of benzene rings is 1. The highest BCUT2D eigenvalue weighted by atomic mass is 16.5. The highest BCUT2D eigenvalue weighted by Gasteiger charge is 2.23. The van der Waals surface area contributed by atoms with Crippen LogP contribution in [0, 0.1) is 0 Å². The lowest BCUT2D eigenvalue weighted by atomic mass is 10.2. The number of methoxy groups -OCH3 is 1. The number of rotatable bonds is 5. The maximum Gasteiger partial charge on any atom is 0.223 e. The standard InChI is InChI=1S/C23H26N8O2/c1-32-18-4-2-3-16-21(18)27-23(24)31-22(16)26-19(28-31)7-8-29-13-15-5-6-20(25-17(15)14-29)30-9-11-33-12-10-30/h2-6H,7-14H2,1H3,(H2,24,27). The summed E-state index contributed by atoms with van der Waals surface area (Å²) in [5.74, 6) is 2.77. The van der Waals surface area contributed by atoms with Crippen LogP contribution >= 0.6 is 0 Å². The van der Waals surface area contributed by atoms with Gasteiger partial charge in [0.25, 0.3) is 0 Å². The number of para-hydroxylation sites is 1. The summed E-state index contributed by atoms with van der Waals surface area (Å²) in [6.07, 6.45) is 0.719. The largest absolute Gasteiger partial charge is 0.494 e. The number of aromatic nitrogens is 5. The number of ether oxygens (including phenoxy) is 2. The van der Waals surface area contributed by atoms with Gasteiger partial charge < -0.3 is 20.1 Å². The molecular weight excluding hydrogens is 420 g/mol. The molecule has 10 nitrogen and oxygen atoms in total. The van der Waals surface area contributed by atoms with E-state index in [2.05, 4.69) is 32.0 Å². The van der Waals surface area contributed by atoms with Gasteiger partial charge in [0.2, 0.25) is 5.95 Å². The highest BCUT2D eigenvalue weighted by molar-refractivity contribution is 5.95. The minimum absolute atomic E-state index is 0.300. The van der Waals surface area contributed by atoms with Crippen molar-refractivity contribution in [3.05, 3.63) is 47.4 Å². The number of fused-ring (bicyclic) bond motifs is 4. The van der Waals surface area contributed by atoms with Gasteiger partial charge in [-0.15, -0.1) is 5.10 Å². The molecule has 170 valence electrons. The Labute approximate surface area is 190 Å². The average Bonchev–Trinajstić information content (AvgIpc) is 3.47. The lowest BCUT2D eigenvalue weighted by Crippen LogP contribution is -2.36. The third-order valence-corrected chi connectivity index (χ3v) is 6.36. The van der Waals surface area contributed by atoms with Crippen molar-refractivity contribution in [2.45, 2.75) is 19.5 Å². The molecule has 0 bridgehead atoms. The van der Waals surface area contributed by atoms with Crippen molar-refractivity contribution in [3.63, 3.8) is 0 Å². The van der Waals surface area contributed by atoms with E-state index < -0.39 is 0 Å². The third kappa shape index (κ3) is 3.61. The molecule has 0 unspecified atom stereocenters. The van der Waals surface area contributed by atoms with Gasteiger partial charge in [-0.1, -0.05) is 12.1 Å². The number of nitrogens with zero attached hydrogens (tertiary/aromatic N) is 7. The second-order valence-corrected chi connectivity index (χ2v) is 8.43. The van der Waals surface area contributed by atoms with E-state index in [1.165, 1.54) is 5.56 Å². The molecule has 2 N–H and O–H groups in total.